The van der Waals surface area contributed by atoms with Crippen LogP contribution >= 0.6 is 0 Å². The van der Waals surface area contributed by atoms with Crippen molar-refractivity contribution < 1.29 is 23.6 Å². The first-order valence-electron chi connectivity index (χ1n) is 10.6. The van der Waals surface area contributed by atoms with Crippen LogP contribution in [-0.4, -0.2) is 35.9 Å². The van der Waals surface area contributed by atoms with Gasteiger partial charge in [-0.15, -0.1) is 0 Å². The predicted molar refractivity (Wildman–Crippen MR) is 124 cm³/mol. The van der Waals surface area contributed by atoms with Crippen molar-refractivity contribution in [1.29, 1.82) is 0 Å². The third-order valence-electron chi connectivity index (χ3n) is 4.67. The van der Waals surface area contributed by atoms with E-state index in [4.69, 9.17) is 14.0 Å². The molecule has 0 bridgehead atoms. The van der Waals surface area contributed by atoms with Crippen LogP contribution in [0.3, 0.4) is 0 Å². The monoisotopic (exact) mass is 451 g/mol. The smallest absolute Gasteiger partial charge is 0.408 e. The van der Waals surface area contributed by atoms with E-state index >= 15 is 0 Å². The highest BCUT2D eigenvalue weighted by molar-refractivity contribution is 5.86. The summed E-state index contributed by atoms with van der Waals surface area (Å²) in [6.45, 7) is 5.43. The van der Waals surface area contributed by atoms with Crippen LogP contribution in [0.5, 0.6) is 5.75 Å². The van der Waals surface area contributed by atoms with Crippen LogP contribution < -0.4 is 15.4 Å². The van der Waals surface area contributed by atoms with E-state index in [1.165, 1.54) is 0 Å². The highest BCUT2D eigenvalue weighted by Gasteiger charge is 2.25. The van der Waals surface area contributed by atoms with Crippen LogP contribution in [0.15, 0.2) is 65.2 Å². The first-order chi connectivity index (χ1) is 15.7. The lowest BCUT2D eigenvalue weighted by Gasteiger charge is -2.23. The van der Waals surface area contributed by atoms with Crippen molar-refractivity contribution in [3.05, 3.63) is 72.0 Å². The molecule has 174 valence electrons. The van der Waals surface area contributed by atoms with Gasteiger partial charge in [0, 0.05) is 18.1 Å². The molecule has 3 rings (SSSR count). The van der Waals surface area contributed by atoms with Crippen molar-refractivity contribution in [1.82, 2.24) is 15.8 Å². The average molecular weight is 452 g/mol. The topological polar surface area (TPSA) is 103 Å². The zero-order valence-corrected chi connectivity index (χ0v) is 19.3. The molecule has 1 heterocycles. The zero-order chi connectivity index (χ0) is 23.8. The Balaban J connectivity index is 1.64. The summed E-state index contributed by atoms with van der Waals surface area (Å²) in [5.74, 6) is 0.883. The van der Waals surface area contributed by atoms with Gasteiger partial charge in [0.05, 0.1) is 13.7 Å². The van der Waals surface area contributed by atoms with Gasteiger partial charge in [-0.3, -0.25) is 4.79 Å². The molecule has 3 aromatic rings. The van der Waals surface area contributed by atoms with Crippen molar-refractivity contribution >= 4 is 12.0 Å². The number of carbonyl (C=O) groups excluding carboxylic acids is 2. The molecule has 8 heteroatoms. The molecular weight excluding hydrogens is 422 g/mol. The fourth-order valence-corrected chi connectivity index (χ4v) is 3.10. The van der Waals surface area contributed by atoms with E-state index in [0.29, 0.717) is 17.9 Å². The third-order valence-corrected chi connectivity index (χ3v) is 4.67. The van der Waals surface area contributed by atoms with Gasteiger partial charge in [-0.1, -0.05) is 35.5 Å². The van der Waals surface area contributed by atoms with Crippen LogP contribution in [0.4, 0.5) is 4.79 Å². The Bertz CT molecular complexity index is 1060. The molecule has 1 aromatic heterocycles. The molecule has 2 N–H and O–H groups in total. The number of hydrogen-bond donors (Lipinski definition) is 2. The van der Waals surface area contributed by atoms with Crippen molar-refractivity contribution in [2.24, 2.45) is 0 Å². The Morgan fingerprint density at radius 1 is 1.06 bits per heavy atom. The van der Waals surface area contributed by atoms with E-state index in [-0.39, 0.29) is 12.5 Å². The van der Waals surface area contributed by atoms with E-state index in [2.05, 4.69) is 15.8 Å². The molecule has 1 atom stereocenters. The van der Waals surface area contributed by atoms with Crippen LogP contribution in [0, 0.1) is 0 Å². The molecule has 0 fully saturated rings. The van der Waals surface area contributed by atoms with Gasteiger partial charge in [-0.05, 0) is 50.6 Å². The van der Waals surface area contributed by atoms with E-state index in [0.717, 1.165) is 16.9 Å². The van der Waals surface area contributed by atoms with Gasteiger partial charge in [-0.25, -0.2) is 4.79 Å². The summed E-state index contributed by atoms with van der Waals surface area (Å²) in [4.78, 5) is 25.2. The van der Waals surface area contributed by atoms with Crippen LogP contribution in [0.2, 0.25) is 0 Å². The maximum Gasteiger partial charge on any atom is 0.408 e. The van der Waals surface area contributed by atoms with Gasteiger partial charge in [0.2, 0.25) is 5.91 Å². The Labute approximate surface area is 193 Å². The van der Waals surface area contributed by atoms with E-state index < -0.39 is 17.7 Å². The quantitative estimate of drug-likeness (QED) is 0.535. The largest absolute Gasteiger partial charge is 0.497 e. The zero-order valence-electron chi connectivity index (χ0n) is 19.3. The number of nitrogens with one attached hydrogen (secondary N) is 2. The number of ether oxygens (including phenoxy) is 2. The number of hydrogen-bond acceptors (Lipinski definition) is 6. The molecule has 0 unspecified atom stereocenters. The summed E-state index contributed by atoms with van der Waals surface area (Å²) in [6, 6.07) is 17.8. The van der Waals surface area contributed by atoms with Crippen LogP contribution in [0.1, 0.15) is 32.1 Å². The second-order valence-electron chi connectivity index (χ2n) is 8.51. The van der Waals surface area contributed by atoms with Crippen molar-refractivity contribution in [2.75, 3.05) is 7.11 Å². The van der Waals surface area contributed by atoms with Crippen LogP contribution in [0.25, 0.3) is 11.3 Å². The lowest BCUT2D eigenvalue weighted by molar-refractivity contribution is -0.123. The summed E-state index contributed by atoms with van der Waals surface area (Å²) in [7, 11) is 1.61. The lowest BCUT2D eigenvalue weighted by Crippen LogP contribution is -2.49. The number of rotatable bonds is 8. The molecule has 0 saturated heterocycles. The standard InChI is InChI=1S/C25H29N3O5/c1-25(2,3)32-24(30)27-22(14-17-8-6-5-7-9-17)23(29)26-16-20-15-21(28-33-20)18-10-12-19(31-4)13-11-18/h5-13,15,22H,14,16H2,1-4H3,(H,26,29)(H,27,30)/t22-/m0/s1. The normalized spacial score (nSPS) is 12.0. The molecule has 8 nitrogen and oxygen atoms in total. The summed E-state index contributed by atoms with van der Waals surface area (Å²) in [5.41, 5.74) is 1.76. The molecule has 0 aliphatic carbocycles. The molecule has 33 heavy (non-hydrogen) atoms. The van der Waals surface area contributed by atoms with E-state index in [9.17, 15) is 9.59 Å². The average Bonchev–Trinajstić information content (AvgIpc) is 3.25. The fourth-order valence-electron chi connectivity index (χ4n) is 3.10. The van der Waals surface area contributed by atoms with Gasteiger partial charge in [0.25, 0.3) is 0 Å². The fraction of sp³-hybridized carbons (Fsp3) is 0.320. The number of carbonyl (C=O) groups is 2. The molecule has 2 aromatic carbocycles. The highest BCUT2D eigenvalue weighted by atomic mass is 16.6. The van der Waals surface area contributed by atoms with Crippen molar-refractivity contribution in [3.8, 4) is 17.0 Å². The number of alkyl carbamates (subject to hydrolysis) is 1. The molecule has 2 amide bonds. The summed E-state index contributed by atoms with van der Waals surface area (Å²) in [6.07, 6.45) is -0.334. The minimum Gasteiger partial charge on any atom is -0.497 e. The summed E-state index contributed by atoms with van der Waals surface area (Å²) >= 11 is 0. The van der Waals surface area contributed by atoms with Crippen LogP contribution in [-0.2, 0) is 22.5 Å². The maximum atomic E-state index is 12.9. The molecule has 0 radical (unpaired) electrons. The minimum atomic E-state index is -0.814. The van der Waals surface area contributed by atoms with E-state index in [1.807, 2.05) is 54.6 Å². The number of nitrogens with zero attached hydrogens (tertiary/aromatic N) is 1. The number of aromatic nitrogens is 1. The number of methoxy groups -OCH3 is 1. The number of benzene rings is 2. The second kappa shape index (κ2) is 10.7. The van der Waals surface area contributed by atoms with Gasteiger partial charge in [0.15, 0.2) is 5.76 Å². The van der Waals surface area contributed by atoms with Crippen molar-refractivity contribution in [3.63, 3.8) is 0 Å². The third kappa shape index (κ3) is 7.38. The Kier molecular flexibility index (Phi) is 7.71. The number of amides is 2. The minimum absolute atomic E-state index is 0.128. The lowest BCUT2D eigenvalue weighted by atomic mass is 10.1. The maximum absolute atomic E-state index is 12.9. The van der Waals surface area contributed by atoms with E-state index in [1.54, 1.807) is 33.9 Å². The Morgan fingerprint density at radius 3 is 2.39 bits per heavy atom. The molecule has 0 aliphatic heterocycles. The second-order valence-corrected chi connectivity index (χ2v) is 8.51. The summed E-state index contributed by atoms with van der Waals surface area (Å²) < 4.78 is 15.8. The van der Waals surface area contributed by atoms with Gasteiger partial charge >= 0.3 is 6.09 Å². The van der Waals surface area contributed by atoms with Gasteiger partial charge in [-0.2, -0.15) is 0 Å². The molecule has 0 saturated carbocycles. The predicted octanol–water partition coefficient (Wildman–Crippen LogP) is 4.10. The molecule has 0 aliphatic rings. The Hall–Kier alpha value is -3.81. The van der Waals surface area contributed by atoms with Crippen molar-refractivity contribution in [2.45, 2.75) is 45.4 Å². The van der Waals surface area contributed by atoms with Gasteiger partial charge < -0.3 is 24.6 Å². The van der Waals surface area contributed by atoms with Gasteiger partial charge in [0.1, 0.15) is 23.1 Å². The first kappa shape index (κ1) is 23.8. The molecular formula is C25H29N3O5. The highest BCUT2D eigenvalue weighted by Crippen LogP contribution is 2.22. The first-order valence-corrected chi connectivity index (χ1v) is 10.6. The SMILES string of the molecule is COc1ccc(-c2cc(CNC(=O)[C@H](Cc3ccccc3)NC(=O)OC(C)(C)C)on2)cc1. The molecule has 0 spiro atoms. The Morgan fingerprint density at radius 2 is 1.76 bits per heavy atom. The summed E-state index contributed by atoms with van der Waals surface area (Å²) in [5, 5.41) is 9.54.